The van der Waals surface area contributed by atoms with Gasteiger partial charge in [-0.1, -0.05) is 28.1 Å². The van der Waals surface area contributed by atoms with Crippen molar-refractivity contribution in [2.45, 2.75) is 24.8 Å². The van der Waals surface area contributed by atoms with Gasteiger partial charge in [0.2, 0.25) is 11.9 Å². The number of carbonyl (C=O) groups is 1. The number of aromatic carboxylic acids is 1. The van der Waals surface area contributed by atoms with E-state index in [4.69, 9.17) is 9.84 Å². The first-order chi connectivity index (χ1) is 15.5. The summed E-state index contributed by atoms with van der Waals surface area (Å²) < 4.78 is 5.70. The van der Waals surface area contributed by atoms with Gasteiger partial charge in [0.1, 0.15) is 5.75 Å². The van der Waals surface area contributed by atoms with Crippen LogP contribution in [0.1, 0.15) is 35.2 Å². The van der Waals surface area contributed by atoms with Crippen LogP contribution in [0.2, 0.25) is 0 Å². The van der Waals surface area contributed by atoms with Crippen molar-refractivity contribution >= 4 is 39.5 Å². The fraction of sp³-hybridized carbons (Fsp3) is 0.273. The van der Waals surface area contributed by atoms with Crippen molar-refractivity contribution in [2.75, 3.05) is 22.6 Å². The first-order valence-electron chi connectivity index (χ1n) is 10.1. The summed E-state index contributed by atoms with van der Waals surface area (Å²) in [6.07, 6.45) is 2.75. The number of ether oxygens (including phenoxy) is 1. The van der Waals surface area contributed by atoms with E-state index in [0.717, 1.165) is 35.9 Å². The molecule has 0 radical (unpaired) electrons. The zero-order valence-electron chi connectivity index (χ0n) is 17.1. The molecular formula is C22H22BrN5O4. The van der Waals surface area contributed by atoms with Crippen LogP contribution in [0.3, 0.4) is 0 Å². The Balaban J connectivity index is 1.46. The molecule has 0 bridgehead atoms. The lowest BCUT2D eigenvalue weighted by molar-refractivity contribution is 0.0697. The van der Waals surface area contributed by atoms with E-state index in [0.29, 0.717) is 12.3 Å². The number of alkyl halides is 1. The maximum Gasteiger partial charge on any atom is 0.335 e. The highest BCUT2D eigenvalue weighted by Gasteiger charge is 2.45. The second kappa shape index (κ2) is 9.39. The number of halogens is 1. The highest BCUT2D eigenvalue weighted by Crippen LogP contribution is 2.48. The second-order valence-electron chi connectivity index (χ2n) is 7.41. The minimum Gasteiger partial charge on any atom is -0.494 e. The molecule has 1 aromatic heterocycles. The molecule has 4 rings (SSSR count). The average Bonchev–Trinajstić information content (AvgIpc) is 3.55. The van der Waals surface area contributed by atoms with Crippen LogP contribution < -0.4 is 15.4 Å². The van der Waals surface area contributed by atoms with Gasteiger partial charge in [-0.3, -0.25) is 0 Å². The van der Waals surface area contributed by atoms with Gasteiger partial charge in [0.15, 0.2) is 0 Å². The van der Waals surface area contributed by atoms with Gasteiger partial charge in [0, 0.05) is 11.0 Å². The number of nitrogens with one attached hydrogen (secondary N) is 2. The van der Waals surface area contributed by atoms with Gasteiger partial charge in [-0.15, -0.1) is 0 Å². The monoisotopic (exact) mass is 499 g/mol. The number of aromatic hydroxyl groups is 1. The number of anilines is 3. The lowest BCUT2D eigenvalue weighted by atomic mass is 10.1. The van der Waals surface area contributed by atoms with E-state index in [1.54, 1.807) is 12.1 Å². The van der Waals surface area contributed by atoms with Crippen molar-refractivity contribution < 1.29 is 19.7 Å². The van der Waals surface area contributed by atoms with E-state index < -0.39 is 12.0 Å². The SMILES string of the molecule is O=C(O)c1ccc(Nc2nc(O)nc(NC3(c4ccc(OCCCBr)cc4)CC3)n2)cc1. The predicted octanol–water partition coefficient (Wildman–Crippen LogP) is 4.28. The van der Waals surface area contributed by atoms with Gasteiger partial charge in [0.25, 0.3) is 0 Å². The molecule has 0 saturated heterocycles. The largest absolute Gasteiger partial charge is 0.494 e. The van der Waals surface area contributed by atoms with Crippen LogP contribution >= 0.6 is 15.9 Å². The molecule has 166 valence electrons. The van der Waals surface area contributed by atoms with Crippen LogP contribution in [-0.4, -0.2) is 43.1 Å². The van der Waals surface area contributed by atoms with Crippen LogP contribution in [-0.2, 0) is 5.54 Å². The summed E-state index contributed by atoms with van der Waals surface area (Å²) in [6.45, 7) is 0.660. The number of aromatic nitrogens is 3. The highest BCUT2D eigenvalue weighted by molar-refractivity contribution is 9.09. The van der Waals surface area contributed by atoms with E-state index in [1.807, 2.05) is 24.3 Å². The molecule has 3 aromatic rings. The van der Waals surface area contributed by atoms with Gasteiger partial charge >= 0.3 is 12.0 Å². The Morgan fingerprint density at radius 1 is 1.03 bits per heavy atom. The van der Waals surface area contributed by atoms with E-state index in [2.05, 4.69) is 41.5 Å². The lowest BCUT2D eigenvalue weighted by Crippen LogP contribution is -2.21. The molecule has 9 nitrogen and oxygen atoms in total. The molecule has 0 amide bonds. The Morgan fingerprint density at radius 2 is 1.72 bits per heavy atom. The third-order valence-corrected chi connectivity index (χ3v) is 5.63. The van der Waals surface area contributed by atoms with E-state index in [1.165, 1.54) is 12.1 Å². The molecule has 0 unspecified atom stereocenters. The Labute approximate surface area is 193 Å². The van der Waals surface area contributed by atoms with Gasteiger partial charge in [-0.25, -0.2) is 4.79 Å². The Hall–Kier alpha value is -3.40. The molecule has 1 saturated carbocycles. The number of hydrogen-bond donors (Lipinski definition) is 4. The summed E-state index contributed by atoms with van der Waals surface area (Å²) in [5.74, 6) is 0.213. The third kappa shape index (κ3) is 5.25. The topological polar surface area (TPSA) is 129 Å². The number of rotatable bonds is 10. The van der Waals surface area contributed by atoms with Crippen LogP contribution in [0.15, 0.2) is 48.5 Å². The summed E-state index contributed by atoms with van der Waals surface area (Å²) in [5, 5.41) is 26.2. The summed E-state index contributed by atoms with van der Waals surface area (Å²) in [6, 6.07) is 13.7. The number of hydrogen-bond acceptors (Lipinski definition) is 8. The average molecular weight is 500 g/mol. The second-order valence-corrected chi connectivity index (χ2v) is 8.21. The van der Waals surface area contributed by atoms with Crippen molar-refractivity contribution in [3.05, 3.63) is 59.7 Å². The van der Waals surface area contributed by atoms with Gasteiger partial charge in [-0.05, 0) is 61.2 Å². The van der Waals surface area contributed by atoms with Crippen molar-refractivity contribution in [2.24, 2.45) is 0 Å². The molecule has 0 aliphatic heterocycles. The molecule has 10 heteroatoms. The van der Waals surface area contributed by atoms with Crippen LogP contribution in [0.25, 0.3) is 0 Å². The molecule has 1 heterocycles. The van der Waals surface area contributed by atoms with Crippen molar-refractivity contribution in [1.29, 1.82) is 0 Å². The molecule has 0 atom stereocenters. The van der Waals surface area contributed by atoms with Gasteiger partial charge in [0.05, 0.1) is 17.7 Å². The molecule has 1 fully saturated rings. The highest BCUT2D eigenvalue weighted by atomic mass is 79.9. The minimum absolute atomic E-state index is 0.148. The predicted molar refractivity (Wildman–Crippen MR) is 123 cm³/mol. The fourth-order valence-corrected chi connectivity index (χ4v) is 3.47. The zero-order valence-corrected chi connectivity index (χ0v) is 18.7. The summed E-state index contributed by atoms with van der Waals surface area (Å²) in [4.78, 5) is 23.3. The minimum atomic E-state index is -1.01. The van der Waals surface area contributed by atoms with Crippen molar-refractivity contribution in [1.82, 2.24) is 15.0 Å². The van der Waals surface area contributed by atoms with Crippen molar-refractivity contribution in [3.8, 4) is 11.8 Å². The molecule has 2 aromatic carbocycles. The van der Waals surface area contributed by atoms with E-state index in [-0.39, 0.29) is 23.0 Å². The quantitative estimate of drug-likeness (QED) is 0.238. The number of nitrogens with zero attached hydrogens (tertiary/aromatic N) is 3. The maximum atomic E-state index is 11.0. The lowest BCUT2D eigenvalue weighted by Gasteiger charge is -2.19. The third-order valence-electron chi connectivity index (χ3n) is 5.07. The van der Waals surface area contributed by atoms with E-state index in [9.17, 15) is 9.90 Å². The first-order valence-corrected chi connectivity index (χ1v) is 11.2. The smallest absolute Gasteiger partial charge is 0.335 e. The number of carboxylic acid groups (broad SMARTS) is 1. The molecule has 1 aliphatic rings. The maximum absolute atomic E-state index is 11.0. The fourth-order valence-electron chi connectivity index (χ4n) is 3.24. The molecule has 32 heavy (non-hydrogen) atoms. The Kier molecular flexibility index (Phi) is 6.40. The van der Waals surface area contributed by atoms with Gasteiger partial charge < -0.3 is 25.6 Å². The zero-order chi connectivity index (χ0) is 22.6. The summed E-state index contributed by atoms with van der Waals surface area (Å²) >= 11 is 3.39. The molecular weight excluding hydrogens is 478 g/mol. The summed E-state index contributed by atoms with van der Waals surface area (Å²) in [5.41, 5.74) is 1.54. The van der Waals surface area contributed by atoms with Gasteiger partial charge in [-0.2, -0.15) is 15.0 Å². The molecule has 1 aliphatic carbocycles. The van der Waals surface area contributed by atoms with Crippen LogP contribution in [0.4, 0.5) is 17.6 Å². The van der Waals surface area contributed by atoms with Crippen molar-refractivity contribution in [3.63, 3.8) is 0 Å². The Morgan fingerprint density at radius 3 is 2.34 bits per heavy atom. The molecule has 4 N–H and O–H groups in total. The summed E-state index contributed by atoms with van der Waals surface area (Å²) in [7, 11) is 0. The Bertz CT molecular complexity index is 1090. The van der Waals surface area contributed by atoms with Crippen LogP contribution in [0, 0.1) is 0 Å². The number of carboxylic acids is 1. The normalized spacial score (nSPS) is 13.9. The first kappa shape index (κ1) is 21.8. The molecule has 0 spiro atoms. The number of benzene rings is 2. The van der Waals surface area contributed by atoms with Crippen LogP contribution in [0.5, 0.6) is 11.8 Å². The van der Waals surface area contributed by atoms with E-state index >= 15 is 0 Å². The standard InChI is InChI=1S/C22H22BrN5O4/c23-12-1-13-32-17-8-4-15(5-9-17)22(10-11-22)28-20-25-19(26-21(31)27-20)24-16-6-2-14(3-7-16)18(29)30/h2-9H,1,10-13H2,(H,29,30)(H3,24,25,26,27,28,31).